The van der Waals surface area contributed by atoms with Crippen molar-refractivity contribution in [2.45, 2.75) is 44.9 Å². The van der Waals surface area contributed by atoms with Crippen molar-refractivity contribution >= 4 is 23.9 Å². The number of hydrogen-bond donors (Lipinski definition) is 2. The monoisotopic (exact) mass is 348 g/mol. The highest BCUT2D eigenvalue weighted by atomic mass is 16.5. The average molecular weight is 348 g/mol. The van der Waals surface area contributed by atoms with Crippen LogP contribution in [0, 0.1) is 0 Å². The molecule has 0 aliphatic rings. The van der Waals surface area contributed by atoms with Gasteiger partial charge in [-0.2, -0.15) is 4.79 Å². The van der Waals surface area contributed by atoms with E-state index in [1.54, 1.807) is 26.0 Å². The summed E-state index contributed by atoms with van der Waals surface area (Å²) in [6.45, 7) is 3.28. The molecule has 0 bridgehead atoms. The highest BCUT2D eigenvalue weighted by molar-refractivity contribution is 6.25. The maximum Gasteiger partial charge on any atom is 0.328 e. The van der Waals surface area contributed by atoms with Crippen molar-refractivity contribution in [3.63, 3.8) is 0 Å². The number of ketones is 1. The van der Waals surface area contributed by atoms with Crippen LogP contribution in [0.2, 0.25) is 0 Å². The lowest BCUT2D eigenvalue weighted by Crippen LogP contribution is -2.45. The summed E-state index contributed by atoms with van der Waals surface area (Å²) in [6.07, 6.45) is -0.0787. The summed E-state index contributed by atoms with van der Waals surface area (Å²) >= 11 is 0. The molecule has 9 nitrogen and oxygen atoms in total. The number of esters is 1. The van der Waals surface area contributed by atoms with Gasteiger partial charge in [-0.25, -0.2) is 4.79 Å². The maximum absolute atomic E-state index is 12.2. The first-order valence-electron chi connectivity index (χ1n) is 7.65. The van der Waals surface area contributed by atoms with E-state index < -0.39 is 35.9 Å². The molecule has 0 aliphatic heterocycles. The van der Waals surface area contributed by atoms with Gasteiger partial charge in [-0.1, -0.05) is 6.07 Å². The van der Waals surface area contributed by atoms with E-state index >= 15 is 0 Å². The molecule has 0 fully saturated rings. The second kappa shape index (κ2) is 10.1. The highest BCUT2D eigenvalue weighted by Gasteiger charge is 2.28. The minimum absolute atomic E-state index is 0.0723. The number of carbonyl (C=O) groups excluding carboxylic acids is 3. The van der Waals surface area contributed by atoms with Crippen LogP contribution in [0.3, 0.4) is 0 Å². The lowest BCUT2D eigenvalue weighted by molar-refractivity contribution is -0.152. The normalized spacial score (nSPS) is 12.6. The lowest BCUT2D eigenvalue weighted by Gasteiger charge is -2.20. The van der Waals surface area contributed by atoms with Gasteiger partial charge in [0.1, 0.15) is 6.04 Å². The Bertz CT molecular complexity index is 656. The van der Waals surface area contributed by atoms with Crippen molar-refractivity contribution in [1.29, 1.82) is 0 Å². The van der Waals surface area contributed by atoms with Gasteiger partial charge < -0.3 is 20.7 Å². The Morgan fingerprint density at radius 3 is 2.68 bits per heavy atom. The molecule has 1 aromatic heterocycles. The van der Waals surface area contributed by atoms with E-state index in [0.29, 0.717) is 6.21 Å². The second-order valence-electron chi connectivity index (χ2n) is 5.45. The number of aliphatic hydroxyl groups is 1. The van der Waals surface area contributed by atoms with Crippen LogP contribution in [0.15, 0.2) is 24.4 Å². The quantitative estimate of drug-likeness (QED) is 0.282. The molecule has 134 valence electrons. The molecule has 0 spiro atoms. The number of carbonyl (C=O) groups is 3. The van der Waals surface area contributed by atoms with Gasteiger partial charge in [0.2, 0.25) is 5.78 Å². The van der Waals surface area contributed by atoms with E-state index in [1.807, 2.05) is 0 Å². The lowest BCUT2D eigenvalue weighted by atomic mass is 10.1. The third kappa shape index (κ3) is 7.03. The van der Waals surface area contributed by atoms with Gasteiger partial charge in [0.05, 0.1) is 11.8 Å². The van der Waals surface area contributed by atoms with Gasteiger partial charge in [0.15, 0.2) is 6.10 Å². The van der Waals surface area contributed by atoms with Gasteiger partial charge in [-0.15, -0.1) is 0 Å². The molecule has 1 aromatic rings. The number of nitrogens with one attached hydrogen (secondary N) is 1. The Kier molecular flexibility index (Phi) is 8.11. The number of nitrogens with zero attached hydrogens (tertiary/aromatic N) is 3. The zero-order chi connectivity index (χ0) is 18.8. The number of amides is 1. The Morgan fingerprint density at radius 2 is 2.12 bits per heavy atom. The maximum atomic E-state index is 12.2. The molecule has 0 unspecified atom stereocenters. The van der Waals surface area contributed by atoms with Crippen LogP contribution in [-0.4, -0.2) is 50.9 Å². The number of aliphatic hydroxyl groups excluding tert-OH is 1. The first-order chi connectivity index (χ1) is 11.8. The zero-order valence-electron chi connectivity index (χ0n) is 14.0. The SMILES string of the molecule is CC(C)OC(=O)[C@H](CCC(=O)C=[N+]=[N-])NC(=O)[C@H](O)c1ccccn1. The molecular formula is C16H20N4O5. The molecule has 1 rings (SSSR count). The Morgan fingerprint density at radius 1 is 1.40 bits per heavy atom. The first kappa shape index (κ1) is 20.1. The number of ether oxygens (including phenoxy) is 1. The van der Waals surface area contributed by atoms with Gasteiger partial charge in [0.25, 0.3) is 5.91 Å². The molecule has 2 N–H and O–H groups in total. The fraction of sp³-hybridized carbons (Fsp3) is 0.438. The fourth-order valence-electron chi connectivity index (χ4n) is 1.90. The van der Waals surface area contributed by atoms with Crippen molar-refractivity contribution in [3.8, 4) is 0 Å². The number of pyridine rings is 1. The predicted octanol–water partition coefficient (Wildman–Crippen LogP) is 0.201. The number of rotatable bonds is 9. The topological polar surface area (TPSA) is 142 Å². The molecule has 0 aliphatic carbocycles. The summed E-state index contributed by atoms with van der Waals surface area (Å²) in [7, 11) is 0. The number of Topliss-reactive ketones (excluding diaryl/α,β-unsaturated/α-hetero) is 1. The van der Waals surface area contributed by atoms with Crippen LogP contribution in [-0.2, 0) is 19.1 Å². The molecule has 0 aromatic carbocycles. The van der Waals surface area contributed by atoms with Crippen molar-refractivity contribution in [3.05, 3.63) is 35.6 Å². The minimum Gasteiger partial charge on any atom is -0.461 e. The summed E-state index contributed by atoms with van der Waals surface area (Å²) < 4.78 is 5.05. The molecule has 2 atom stereocenters. The third-order valence-electron chi connectivity index (χ3n) is 3.05. The highest BCUT2D eigenvalue weighted by Crippen LogP contribution is 2.11. The summed E-state index contributed by atoms with van der Waals surface area (Å²) in [5.74, 6) is -2.10. The van der Waals surface area contributed by atoms with Gasteiger partial charge in [0, 0.05) is 12.6 Å². The number of hydrogen-bond acceptors (Lipinski definition) is 6. The summed E-state index contributed by atoms with van der Waals surface area (Å²) in [5.41, 5.74) is 8.45. The molecule has 25 heavy (non-hydrogen) atoms. The molecule has 1 amide bonds. The van der Waals surface area contributed by atoms with E-state index in [4.69, 9.17) is 10.3 Å². The fourth-order valence-corrected chi connectivity index (χ4v) is 1.90. The molecule has 1 heterocycles. The summed E-state index contributed by atoms with van der Waals surface area (Å²) in [4.78, 5) is 42.1. The van der Waals surface area contributed by atoms with E-state index in [9.17, 15) is 19.5 Å². The van der Waals surface area contributed by atoms with Gasteiger partial charge in [-0.3, -0.25) is 14.6 Å². The number of aromatic nitrogens is 1. The molecular weight excluding hydrogens is 328 g/mol. The van der Waals surface area contributed by atoms with Crippen LogP contribution in [0.25, 0.3) is 5.53 Å². The van der Waals surface area contributed by atoms with E-state index in [2.05, 4.69) is 15.1 Å². The standard InChI is InChI=1S/C16H20N4O5/c1-10(2)25-16(24)13(7-6-11(21)9-19-17)20-15(23)14(22)12-5-3-4-8-18-12/h3-5,8-10,13-14,22H,6-7H2,1-2H3,(H,20,23)/t13-,14+/m0/s1. The van der Waals surface area contributed by atoms with E-state index in [-0.39, 0.29) is 18.5 Å². The molecule has 0 saturated carbocycles. The first-order valence-corrected chi connectivity index (χ1v) is 7.65. The largest absolute Gasteiger partial charge is 0.461 e. The van der Waals surface area contributed by atoms with Gasteiger partial charge in [-0.05, 0) is 32.4 Å². The van der Waals surface area contributed by atoms with Crippen molar-refractivity contribution in [2.24, 2.45) is 0 Å². The Hall–Kier alpha value is -2.90. The molecule has 0 radical (unpaired) electrons. The predicted molar refractivity (Wildman–Crippen MR) is 86.3 cm³/mol. The molecule has 9 heteroatoms. The molecule has 0 saturated heterocycles. The van der Waals surface area contributed by atoms with Crippen molar-refractivity contribution in [1.82, 2.24) is 10.3 Å². The van der Waals surface area contributed by atoms with Crippen LogP contribution < -0.4 is 5.32 Å². The Balaban J connectivity index is 2.80. The van der Waals surface area contributed by atoms with Crippen LogP contribution in [0.5, 0.6) is 0 Å². The van der Waals surface area contributed by atoms with Crippen LogP contribution >= 0.6 is 0 Å². The third-order valence-corrected chi connectivity index (χ3v) is 3.05. The van der Waals surface area contributed by atoms with E-state index in [1.165, 1.54) is 12.3 Å². The Labute approximate surface area is 144 Å². The van der Waals surface area contributed by atoms with Gasteiger partial charge >= 0.3 is 12.2 Å². The summed E-state index contributed by atoms with van der Waals surface area (Å²) in [5, 5.41) is 12.4. The second-order valence-corrected chi connectivity index (χ2v) is 5.45. The van der Waals surface area contributed by atoms with Crippen LogP contribution in [0.4, 0.5) is 0 Å². The van der Waals surface area contributed by atoms with Crippen molar-refractivity contribution in [2.75, 3.05) is 0 Å². The smallest absolute Gasteiger partial charge is 0.328 e. The van der Waals surface area contributed by atoms with Crippen molar-refractivity contribution < 1.29 is 29.0 Å². The minimum atomic E-state index is -1.56. The summed E-state index contributed by atoms with van der Waals surface area (Å²) in [6, 6.07) is 3.57. The van der Waals surface area contributed by atoms with E-state index in [0.717, 1.165) is 0 Å². The zero-order valence-corrected chi connectivity index (χ0v) is 14.0. The average Bonchev–Trinajstić information content (AvgIpc) is 2.58. The van der Waals surface area contributed by atoms with Crippen LogP contribution in [0.1, 0.15) is 38.5 Å².